The first-order chi connectivity index (χ1) is 7.90. The predicted octanol–water partition coefficient (Wildman–Crippen LogP) is 2.34. The molecule has 0 aliphatic carbocycles. The Balaban J connectivity index is 1.88. The fourth-order valence-corrected chi connectivity index (χ4v) is 1.94. The quantitative estimate of drug-likeness (QED) is 0.783. The maximum Gasteiger partial charge on any atom is 0.196 e. The third-order valence-electron chi connectivity index (χ3n) is 2.17. The lowest BCUT2D eigenvalue weighted by atomic mass is 10.4. The van der Waals surface area contributed by atoms with E-state index in [4.69, 9.17) is 4.42 Å². The van der Waals surface area contributed by atoms with Gasteiger partial charge in [0.25, 0.3) is 0 Å². The van der Waals surface area contributed by atoms with Crippen LogP contribution in [0, 0.1) is 0 Å². The predicted molar refractivity (Wildman–Crippen MR) is 64.5 cm³/mol. The van der Waals surface area contributed by atoms with Crippen LogP contribution in [0.2, 0.25) is 0 Å². The molecule has 4 nitrogen and oxygen atoms in total. The number of oxazole rings is 1. The smallest absolute Gasteiger partial charge is 0.196 e. The molecule has 2 aromatic heterocycles. The van der Waals surface area contributed by atoms with Crippen LogP contribution in [0.5, 0.6) is 0 Å². The highest BCUT2D eigenvalue weighted by Crippen LogP contribution is 2.23. The molecule has 0 bridgehead atoms. The zero-order valence-corrected chi connectivity index (χ0v) is 10.1. The Bertz CT molecular complexity index is 411. The molecule has 0 unspecified atom stereocenters. The van der Waals surface area contributed by atoms with Crippen LogP contribution in [0.1, 0.15) is 19.2 Å². The SMILES string of the molecule is CCCNCCc1ncc(-c2cncs2)o1. The third-order valence-corrected chi connectivity index (χ3v) is 2.96. The van der Waals surface area contributed by atoms with Gasteiger partial charge in [0, 0.05) is 19.2 Å². The molecule has 0 aliphatic heterocycles. The number of hydrogen-bond acceptors (Lipinski definition) is 5. The van der Waals surface area contributed by atoms with Crippen molar-refractivity contribution in [3.63, 3.8) is 0 Å². The van der Waals surface area contributed by atoms with Gasteiger partial charge >= 0.3 is 0 Å². The van der Waals surface area contributed by atoms with Gasteiger partial charge in [0.05, 0.1) is 16.6 Å². The first-order valence-electron chi connectivity index (χ1n) is 5.44. The summed E-state index contributed by atoms with van der Waals surface area (Å²) in [5, 5.41) is 3.32. The molecule has 0 atom stereocenters. The Morgan fingerprint density at radius 3 is 3.06 bits per heavy atom. The number of aromatic nitrogens is 2. The van der Waals surface area contributed by atoms with Gasteiger partial charge in [0.15, 0.2) is 11.7 Å². The topological polar surface area (TPSA) is 51.0 Å². The molecule has 1 N–H and O–H groups in total. The van der Waals surface area contributed by atoms with Crippen LogP contribution < -0.4 is 5.32 Å². The van der Waals surface area contributed by atoms with Crippen LogP contribution in [0.15, 0.2) is 22.3 Å². The van der Waals surface area contributed by atoms with Crippen molar-refractivity contribution in [3.05, 3.63) is 23.8 Å². The molecule has 0 radical (unpaired) electrons. The molecule has 0 fully saturated rings. The van der Waals surface area contributed by atoms with Crippen LogP contribution in [0.25, 0.3) is 10.6 Å². The van der Waals surface area contributed by atoms with Crippen molar-refractivity contribution in [2.75, 3.05) is 13.1 Å². The van der Waals surface area contributed by atoms with Gasteiger partial charge < -0.3 is 9.73 Å². The second-order valence-electron chi connectivity index (χ2n) is 3.48. The fourth-order valence-electron chi connectivity index (χ4n) is 1.37. The van der Waals surface area contributed by atoms with E-state index < -0.39 is 0 Å². The molecule has 0 spiro atoms. The summed E-state index contributed by atoms with van der Waals surface area (Å²) in [5.74, 6) is 1.60. The minimum Gasteiger partial charge on any atom is -0.440 e. The van der Waals surface area contributed by atoms with Gasteiger partial charge in [-0.2, -0.15) is 0 Å². The average Bonchev–Trinajstić information content (AvgIpc) is 2.94. The highest BCUT2D eigenvalue weighted by molar-refractivity contribution is 7.13. The Morgan fingerprint density at radius 2 is 2.31 bits per heavy atom. The molecule has 0 saturated carbocycles. The van der Waals surface area contributed by atoms with E-state index in [9.17, 15) is 0 Å². The Labute approximate surface area is 98.7 Å². The highest BCUT2D eigenvalue weighted by atomic mass is 32.1. The van der Waals surface area contributed by atoms with Crippen molar-refractivity contribution >= 4 is 11.3 Å². The van der Waals surface area contributed by atoms with E-state index in [1.165, 1.54) is 0 Å². The van der Waals surface area contributed by atoms with Gasteiger partial charge in [0.2, 0.25) is 0 Å². The second-order valence-corrected chi connectivity index (χ2v) is 4.37. The molecule has 0 amide bonds. The summed E-state index contributed by atoms with van der Waals surface area (Å²) >= 11 is 1.56. The van der Waals surface area contributed by atoms with E-state index in [1.54, 1.807) is 29.2 Å². The number of rotatable bonds is 6. The lowest BCUT2D eigenvalue weighted by molar-refractivity contribution is 0.495. The lowest BCUT2D eigenvalue weighted by Gasteiger charge is -1.98. The van der Waals surface area contributed by atoms with E-state index in [1.807, 2.05) is 0 Å². The summed E-state index contributed by atoms with van der Waals surface area (Å²) in [6.07, 6.45) is 5.55. The summed E-state index contributed by atoms with van der Waals surface area (Å²) < 4.78 is 5.63. The molecule has 0 aliphatic rings. The van der Waals surface area contributed by atoms with E-state index in [0.717, 1.165) is 42.5 Å². The standard InChI is InChI=1S/C11H15N3OS/c1-2-4-12-5-3-11-14-6-9(15-11)10-7-13-8-16-10/h6-8,12H,2-5H2,1H3. The van der Waals surface area contributed by atoms with E-state index in [-0.39, 0.29) is 0 Å². The first-order valence-corrected chi connectivity index (χ1v) is 6.32. The Morgan fingerprint density at radius 1 is 1.38 bits per heavy atom. The average molecular weight is 237 g/mol. The van der Waals surface area contributed by atoms with Gasteiger partial charge in [-0.05, 0) is 13.0 Å². The number of nitrogens with one attached hydrogen (secondary N) is 1. The molecule has 2 rings (SSSR count). The fraction of sp³-hybridized carbons (Fsp3) is 0.455. The zero-order valence-electron chi connectivity index (χ0n) is 9.27. The van der Waals surface area contributed by atoms with Crippen molar-refractivity contribution in [3.8, 4) is 10.6 Å². The van der Waals surface area contributed by atoms with E-state index in [0.29, 0.717) is 0 Å². The lowest BCUT2D eigenvalue weighted by Crippen LogP contribution is -2.17. The minimum absolute atomic E-state index is 0.784. The van der Waals surface area contributed by atoms with Crippen LogP contribution in [-0.4, -0.2) is 23.1 Å². The van der Waals surface area contributed by atoms with Gasteiger partial charge in [-0.3, -0.25) is 4.98 Å². The first kappa shape index (κ1) is 11.3. The number of nitrogens with zero attached hydrogens (tertiary/aromatic N) is 2. The molecule has 2 heterocycles. The van der Waals surface area contributed by atoms with Crippen LogP contribution in [-0.2, 0) is 6.42 Å². The van der Waals surface area contributed by atoms with Crippen molar-refractivity contribution in [2.45, 2.75) is 19.8 Å². The van der Waals surface area contributed by atoms with Crippen molar-refractivity contribution in [1.82, 2.24) is 15.3 Å². The summed E-state index contributed by atoms with van der Waals surface area (Å²) in [6.45, 7) is 4.11. The van der Waals surface area contributed by atoms with Gasteiger partial charge in [-0.15, -0.1) is 11.3 Å². The largest absolute Gasteiger partial charge is 0.440 e. The monoisotopic (exact) mass is 237 g/mol. The van der Waals surface area contributed by atoms with Crippen molar-refractivity contribution in [2.24, 2.45) is 0 Å². The highest BCUT2D eigenvalue weighted by Gasteiger charge is 2.06. The normalized spacial score (nSPS) is 10.8. The maximum atomic E-state index is 5.63. The second kappa shape index (κ2) is 5.77. The van der Waals surface area contributed by atoms with Crippen molar-refractivity contribution < 1.29 is 4.42 Å². The molecule has 0 saturated heterocycles. The Kier molecular flexibility index (Phi) is 4.07. The van der Waals surface area contributed by atoms with Gasteiger partial charge in [0.1, 0.15) is 0 Å². The Hall–Kier alpha value is -1.20. The van der Waals surface area contributed by atoms with Crippen LogP contribution >= 0.6 is 11.3 Å². The molecule has 0 aromatic carbocycles. The number of thiazole rings is 1. The van der Waals surface area contributed by atoms with E-state index in [2.05, 4.69) is 22.2 Å². The summed E-state index contributed by atoms with van der Waals surface area (Å²) in [6, 6.07) is 0. The van der Waals surface area contributed by atoms with Gasteiger partial charge in [-0.25, -0.2) is 4.98 Å². The summed E-state index contributed by atoms with van der Waals surface area (Å²) in [4.78, 5) is 9.28. The molecule has 16 heavy (non-hydrogen) atoms. The molecule has 5 heteroatoms. The molecular formula is C11H15N3OS. The van der Waals surface area contributed by atoms with Crippen molar-refractivity contribution in [1.29, 1.82) is 0 Å². The van der Waals surface area contributed by atoms with Crippen LogP contribution in [0.3, 0.4) is 0 Å². The third kappa shape index (κ3) is 2.90. The molecular weight excluding hydrogens is 222 g/mol. The zero-order chi connectivity index (χ0) is 11.2. The number of hydrogen-bond donors (Lipinski definition) is 1. The van der Waals surface area contributed by atoms with Gasteiger partial charge in [-0.1, -0.05) is 6.92 Å². The molecule has 86 valence electrons. The molecule has 2 aromatic rings. The summed E-state index contributed by atoms with van der Waals surface area (Å²) in [5.41, 5.74) is 1.79. The minimum atomic E-state index is 0.784. The van der Waals surface area contributed by atoms with Crippen LogP contribution in [0.4, 0.5) is 0 Å². The maximum absolute atomic E-state index is 5.63. The van der Waals surface area contributed by atoms with E-state index >= 15 is 0 Å². The summed E-state index contributed by atoms with van der Waals surface area (Å²) in [7, 11) is 0.